The molecule has 41 heavy (non-hydrogen) atoms. The minimum Gasteiger partial charge on any atom is -0.478 e. The number of ether oxygens (including phenoxy) is 2. The smallest absolute Gasteiger partial charge is 0.309 e. The Kier molecular flexibility index (Phi) is 6.09. The topological polar surface area (TPSA) is 102 Å². The number of benzene rings is 1. The number of piperidine rings is 1. The van der Waals surface area contributed by atoms with Crippen LogP contribution in [0.5, 0.6) is 5.75 Å². The highest BCUT2D eigenvalue weighted by Crippen LogP contribution is 2.43. The molecule has 1 amide bonds. The van der Waals surface area contributed by atoms with Gasteiger partial charge in [0.05, 0.1) is 36.6 Å². The molecule has 1 saturated heterocycles. The second-order valence-corrected chi connectivity index (χ2v) is 11.0. The predicted octanol–water partition coefficient (Wildman–Crippen LogP) is 3.80. The van der Waals surface area contributed by atoms with Crippen molar-refractivity contribution in [3.8, 4) is 16.9 Å². The number of aromatic nitrogens is 4. The summed E-state index contributed by atoms with van der Waals surface area (Å²) in [5.74, 6) is 0.378. The summed E-state index contributed by atoms with van der Waals surface area (Å²) in [6.07, 6.45) is 7.62. The third-order valence-corrected chi connectivity index (χ3v) is 8.67. The maximum absolute atomic E-state index is 14.4. The molecule has 1 unspecified atom stereocenters. The number of carbonyl (C=O) groups excluding carboxylic acids is 2. The van der Waals surface area contributed by atoms with Crippen LogP contribution in [0.25, 0.3) is 16.8 Å². The fraction of sp³-hybridized carbons (Fsp3) is 0.367. The lowest BCUT2D eigenvalue weighted by atomic mass is 9.85. The van der Waals surface area contributed by atoms with Gasteiger partial charge in [-0.25, -0.2) is 19.3 Å². The Morgan fingerprint density at radius 2 is 1.85 bits per heavy atom. The zero-order valence-electron chi connectivity index (χ0n) is 22.8. The highest BCUT2D eigenvalue weighted by Gasteiger charge is 2.47. The van der Waals surface area contributed by atoms with Gasteiger partial charge >= 0.3 is 5.97 Å². The molecule has 1 aliphatic carbocycles. The number of hydrogen-bond acceptors (Lipinski definition) is 8. The number of fused-ring (bicyclic) bond motifs is 4. The molecule has 0 radical (unpaired) electrons. The molecule has 3 aliphatic rings. The number of anilines is 2. The van der Waals surface area contributed by atoms with Gasteiger partial charge in [0.15, 0.2) is 18.2 Å². The number of methoxy groups -OCH3 is 1. The van der Waals surface area contributed by atoms with Crippen molar-refractivity contribution in [2.24, 2.45) is 17.8 Å². The lowest BCUT2D eigenvalue weighted by Gasteiger charge is -2.36. The molecule has 4 aromatic rings. The molecule has 3 atom stereocenters. The summed E-state index contributed by atoms with van der Waals surface area (Å²) in [5.41, 5.74) is 4.47. The van der Waals surface area contributed by atoms with Gasteiger partial charge in [0.2, 0.25) is 5.95 Å². The molecule has 5 heterocycles. The first-order chi connectivity index (χ1) is 19.9. The van der Waals surface area contributed by atoms with Gasteiger partial charge in [-0.05, 0) is 55.9 Å². The van der Waals surface area contributed by atoms with Crippen LogP contribution in [-0.4, -0.2) is 58.0 Å². The molecule has 0 spiro atoms. The molecule has 11 heteroatoms. The Morgan fingerprint density at radius 1 is 1.10 bits per heavy atom. The van der Waals surface area contributed by atoms with Gasteiger partial charge in [-0.3, -0.25) is 14.5 Å². The summed E-state index contributed by atoms with van der Waals surface area (Å²) in [4.78, 5) is 42.8. The van der Waals surface area contributed by atoms with Crippen LogP contribution in [0.3, 0.4) is 0 Å². The largest absolute Gasteiger partial charge is 0.478 e. The summed E-state index contributed by atoms with van der Waals surface area (Å²) in [6.45, 7) is 3.38. The van der Waals surface area contributed by atoms with Gasteiger partial charge in [0.25, 0.3) is 5.91 Å². The van der Waals surface area contributed by atoms with E-state index in [2.05, 4.69) is 19.9 Å². The van der Waals surface area contributed by atoms with E-state index in [9.17, 15) is 14.0 Å². The Labute approximate surface area is 235 Å². The van der Waals surface area contributed by atoms with Crippen LogP contribution in [0.4, 0.5) is 16.0 Å². The number of para-hydroxylation sites is 1. The van der Waals surface area contributed by atoms with Crippen molar-refractivity contribution in [1.29, 1.82) is 0 Å². The third kappa shape index (κ3) is 4.27. The van der Waals surface area contributed by atoms with Gasteiger partial charge < -0.3 is 18.8 Å². The van der Waals surface area contributed by atoms with Crippen molar-refractivity contribution < 1.29 is 23.5 Å². The number of hydrogen-bond donors (Lipinski definition) is 0. The number of rotatable bonds is 5. The van der Waals surface area contributed by atoms with Crippen molar-refractivity contribution in [3.05, 3.63) is 66.1 Å². The average Bonchev–Trinajstić information content (AvgIpc) is 3.44. The van der Waals surface area contributed by atoms with Gasteiger partial charge in [0, 0.05) is 42.8 Å². The van der Waals surface area contributed by atoms with E-state index < -0.39 is 5.82 Å². The predicted molar refractivity (Wildman–Crippen MR) is 148 cm³/mol. The molecular weight excluding hydrogens is 527 g/mol. The number of carbonyl (C=O) groups is 2. The number of esters is 1. The third-order valence-electron chi connectivity index (χ3n) is 8.67. The Bertz CT molecular complexity index is 1660. The molecule has 0 N–H and O–H groups in total. The number of nitrogens with zero attached hydrogens (tertiary/aromatic N) is 6. The fourth-order valence-electron chi connectivity index (χ4n) is 6.63. The molecule has 1 aromatic carbocycles. The number of halogens is 1. The zero-order valence-corrected chi connectivity index (χ0v) is 22.8. The standard InChI is InChI=1S/C30H29FN6O4/c1-17-24(15-37-23-5-3-4-22(31)28(23)41-16-26(37)38)36-14-18(8-9-25(36)34-17)21-10-32-30(33-11-21)35-12-19-6-7-20(13-35)27(19)29(39)40-2/h3-5,8-11,14,19-20,27H,6-7,12-13,15-16H2,1-2H3/t19-,20+,27?. The van der Waals surface area contributed by atoms with Crippen molar-refractivity contribution >= 4 is 29.2 Å². The fourth-order valence-corrected chi connectivity index (χ4v) is 6.63. The quantitative estimate of drug-likeness (QED) is 0.342. The maximum Gasteiger partial charge on any atom is 0.309 e. The van der Waals surface area contributed by atoms with Gasteiger partial charge in [-0.2, -0.15) is 0 Å². The molecule has 2 fully saturated rings. The minimum absolute atomic E-state index is 0.0321. The van der Waals surface area contributed by atoms with Gasteiger partial charge in [-0.1, -0.05) is 6.07 Å². The summed E-state index contributed by atoms with van der Waals surface area (Å²) in [6, 6.07) is 8.46. The molecule has 2 bridgehead atoms. The minimum atomic E-state index is -0.499. The Hall–Kier alpha value is -4.54. The van der Waals surface area contributed by atoms with Crippen molar-refractivity contribution in [2.75, 3.05) is 36.6 Å². The zero-order chi connectivity index (χ0) is 28.2. The first-order valence-electron chi connectivity index (χ1n) is 13.8. The van der Waals surface area contributed by atoms with Crippen LogP contribution in [0.15, 0.2) is 48.9 Å². The number of pyridine rings is 1. The van der Waals surface area contributed by atoms with Gasteiger partial charge in [-0.15, -0.1) is 0 Å². The molecule has 7 rings (SSSR count). The average molecular weight is 557 g/mol. The van der Waals surface area contributed by atoms with E-state index >= 15 is 0 Å². The second-order valence-electron chi connectivity index (χ2n) is 11.0. The molecule has 10 nitrogen and oxygen atoms in total. The first kappa shape index (κ1) is 25.4. The number of aryl methyl sites for hydroxylation is 1. The molecule has 1 saturated carbocycles. The molecule has 210 valence electrons. The second kappa shape index (κ2) is 9.83. The Balaban J connectivity index is 1.15. The number of amides is 1. The SMILES string of the molecule is COC(=O)C1[C@@H]2CC[C@H]1CN(c1ncc(-c3ccc4nc(C)c(CN5C(=O)COc6c(F)cccc65)n4c3)cn1)C2. The highest BCUT2D eigenvalue weighted by atomic mass is 19.1. The van der Waals surface area contributed by atoms with Crippen LogP contribution in [0.1, 0.15) is 24.2 Å². The first-order valence-corrected chi connectivity index (χ1v) is 13.8. The molecule has 3 aromatic heterocycles. The van der Waals surface area contributed by atoms with E-state index in [1.807, 2.05) is 42.0 Å². The van der Waals surface area contributed by atoms with Crippen LogP contribution >= 0.6 is 0 Å². The summed E-state index contributed by atoms with van der Waals surface area (Å²) < 4.78 is 26.7. The molecule has 2 aliphatic heterocycles. The van der Waals surface area contributed by atoms with E-state index in [1.54, 1.807) is 17.0 Å². The summed E-state index contributed by atoms with van der Waals surface area (Å²) >= 11 is 0. The van der Waals surface area contributed by atoms with Crippen molar-refractivity contribution in [2.45, 2.75) is 26.3 Å². The van der Waals surface area contributed by atoms with Crippen molar-refractivity contribution in [3.63, 3.8) is 0 Å². The number of imidazole rings is 1. The van der Waals surface area contributed by atoms with Crippen LogP contribution in [-0.2, 0) is 20.9 Å². The lowest BCUT2D eigenvalue weighted by Crippen LogP contribution is -2.45. The van der Waals surface area contributed by atoms with Crippen LogP contribution in [0.2, 0.25) is 0 Å². The van der Waals surface area contributed by atoms with E-state index in [4.69, 9.17) is 9.47 Å². The van der Waals surface area contributed by atoms with E-state index in [-0.39, 0.29) is 48.5 Å². The van der Waals surface area contributed by atoms with E-state index in [0.717, 1.165) is 54.1 Å². The normalized spacial score (nSPS) is 21.6. The van der Waals surface area contributed by atoms with Crippen LogP contribution < -0.4 is 14.5 Å². The summed E-state index contributed by atoms with van der Waals surface area (Å²) in [5, 5.41) is 0. The summed E-state index contributed by atoms with van der Waals surface area (Å²) in [7, 11) is 1.46. The Morgan fingerprint density at radius 3 is 2.59 bits per heavy atom. The van der Waals surface area contributed by atoms with E-state index in [0.29, 0.717) is 11.6 Å². The van der Waals surface area contributed by atoms with E-state index in [1.165, 1.54) is 13.2 Å². The van der Waals surface area contributed by atoms with Crippen molar-refractivity contribution in [1.82, 2.24) is 19.4 Å². The lowest BCUT2D eigenvalue weighted by molar-refractivity contribution is -0.148. The highest BCUT2D eigenvalue weighted by molar-refractivity contribution is 5.97. The monoisotopic (exact) mass is 556 g/mol. The van der Waals surface area contributed by atoms with Gasteiger partial charge in [0.1, 0.15) is 5.65 Å². The van der Waals surface area contributed by atoms with Crippen LogP contribution in [0, 0.1) is 30.5 Å². The maximum atomic E-state index is 14.4. The molecular formula is C30H29FN6O4.